The number of para-hydroxylation sites is 1. The Balaban J connectivity index is 1.55. The highest BCUT2D eigenvalue weighted by Gasteiger charge is 2.20. The summed E-state index contributed by atoms with van der Waals surface area (Å²) in [6.45, 7) is 4.67. The third-order valence-corrected chi connectivity index (χ3v) is 4.88. The van der Waals surface area contributed by atoms with Crippen LogP contribution < -0.4 is 10.6 Å². The molecule has 0 saturated carbocycles. The number of pyridine rings is 1. The van der Waals surface area contributed by atoms with Crippen molar-refractivity contribution in [2.75, 3.05) is 11.9 Å². The lowest BCUT2D eigenvalue weighted by Crippen LogP contribution is -2.43. The van der Waals surface area contributed by atoms with Crippen molar-refractivity contribution in [3.05, 3.63) is 95.8 Å². The first-order valence-corrected chi connectivity index (χ1v) is 10.2. The first-order valence-electron chi connectivity index (χ1n) is 10.2. The van der Waals surface area contributed by atoms with E-state index < -0.39 is 6.10 Å². The largest absolute Gasteiger partial charge is 0.387 e. The average molecular weight is 404 g/mol. The average Bonchev–Trinajstić information content (AvgIpc) is 2.73. The lowest BCUT2D eigenvalue weighted by molar-refractivity contribution is -0.115. The van der Waals surface area contributed by atoms with Crippen LogP contribution in [0.3, 0.4) is 0 Å². The van der Waals surface area contributed by atoms with Gasteiger partial charge in [-0.1, -0.05) is 48.5 Å². The Morgan fingerprint density at radius 2 is 1.70 bits per heavy atom. The maximum atomic E-state index is 12.3. The Morgan fingerprint density at radius 3 is 2.40 bits per heavy atom. The molecule has 0 fully saturated rings. The van der Waals surface area contributed by atoms with E-state index >= 15 is 0 Å². The van der Waals surface area contributed by atoms with Crippen LogP contribution in [0, 0.1) is 0 Å². The molecule has 0 saturated heterocycles. The van der Waals surface area contributed by atoms with E-state index in [9.17, 15) is 9.90 Å². The number of carbonyl (C=O) groups is 1. The van der Waals surface area contributed by atoms with Gasteiger partial charge in [-0.2, -0.15) is 0 Å². The van der Waals surface area contributed by atoms with Gasteiger partial charge in [0.2, 0.25) is 5.91 Å². The topological polar surface area (TPSA) is 74.2 Å². The molecule has 3 N–H and O–H groups in total. The number of aliphatic hydroxyl groups excluding tert-OH is 1. The van der Waals surface area contributed by atoms with Crippen LogP contribution in [0.15, 0.2) is 79.0 Å². The molecule has 5 nitrogen and oxygen atoms in total. The van der Waals surface area contributed by atoms with Gasteiger partial charge in [0.25, 0.3) is 0 Å². The zero-order valence-corrected chi connectivity index (χ0v) is 17.5. The second kappa shape index (κ2) is 10.1. The van der Waals surface area contributed by atoms with Gasteiger partial charge in [-0.05, 0) is 55.7 Å². The molecule has 5 heteroatoms. The SMILES string of the molecule is CC(C)(Cc1ccnc(CC(=O)Nc2ccccc2)c1)NC[C@H](O)c1ccccc1. The first-order chi connectivity index (χ1) is 14.4. The minimum Gasteiger partial charge on any atom is -0.387 e. The maximum absolute atomic E-state index is 12.3. The number of rotatable bonds is 9. The Labute approximate surface area is 178 Å². The molecule has 2 aromatic carbocycles. The molecular formula is C25H29N3O2. The molecule has 0 unspecified atom stereocenters. The number of hydrogen-bond donors (Lipinski definition) is 3. The Morgan fingerprint density at radius 1 is 1.03 bits per heavy atom. The van der Waals surface area contributed by atoms with Gasteiger partial charge in [0.1, 0.15) is 0 Å². The number of benzene rings is 2. The molecule has 3 rings (SSSR count). The molecular weight excluding hydrogens is 374 g/mol. The lowest BCUT2D eigenvalue weighted by Gasteiger charge is -2.28. The van der Waals surface area contributed by atoms with Crippen molar-refractivity contribution < 1.29 is 9.90 Å². The van der Waals surface area contributed by atoms with E-state index in [1.54, 1.807) is 6.20 Å². The molecule has 0 bridgehead atoms. The van der Waals surface area contributed by atoms with Crippen LogP contribution in [-0.2, 0) is 17.6 Å². The molecule has 1 amide bonds. The fraction of sp³-hybridized carbons (Fsp3) is 0.280. The highest BCUT2D eigenvalue weighted by Crippen LogP contribution is 2.17. The van der Waals surface area contributed by atoms with Crippen LogP contribution in [0.4, 0.5) is 5.69 Å². The number of anilines is 1. The smallest absolute Gasteiger partial charge is 0.230 e. The van der Waals surface area contributed by atoms with Gasteiger partial charge < -0.3 is 15.7 Å². The summed E-state index contributed by atoms with van der Waals surface area (Å²) in [5.74, 6) is -0.0887. The molecule has 1 heterocycles. The second-order valence-electron chi connectivity index (χ2n) is 8.11. The van der Waals surface area contributed by atoms with Crippen molar-refractivity contribution in [2.24, 2.45) is 0 Å². The van der Waals surface area contributed by atoms with Crippen LogP contribution in [-0.4, -0.2) is 28.1 Å². The van der Waals surface area contributed by atoms with Crippen LogP contribution in [0.1, 0.15) is 36.8 Å². The summed E-state index contributed by atoms with van der Waals surface area (Å²) in [5, 5.41) is 16.7. The molecule has 30 heavy (non-hydrogen) atoms. The summed E-state index contributed by atoms with van der Waals surface area (Å²) in [5.41, 5.74) is 3.29. The summed E-state index contributed by atoms with van der Waals surface area (Å²) >= 11 is 0. The quantitative estimate of drug-likeness (QED) is 0.506. The van der Waals surface area contributed by atoms with Gasteiger partial charge in [0, 0.05) is 29.7 Å². The molecule has 156 valence electrons. The van der Waals surface area contributed by atoms with Crippen molar-refractivity contribution in [2.45, 2.75) is 38.3 Å². The number of carbonyl (C=O) groups excluding carboxylic acids is 1. The Hall–Kier alpha value is -3.02. The van der Waals surface area contributed by atoms with E-state index in [4.69, 9.17) is 0 Å². The standard InChI is InChI=1S/C25H29N3O2/c1-25(2,27-18-23(29)20-9-5-3-6-10-20)17-19-13-14-26-22(15-19)16-24(30)28-21-11-7-4-8-12-21/h3-15,23,27,29H,16-18H2,1-2H3,(H,28,30)/t23-/m0/s1. The number of amides is 1. The molecule has 3 aromatic rings. The summed E-state index contributed by atoms with van der Waals surface area (Å²) in [6, 6.07) is 23.0. The Bertz CT molecular complexity index is 943. The second-order valence-corrected chi connectivity index (χ2v) is 8.11. The van der Waals surface area contributed by atoms with E-state index in [0.717, 1.165) is 28.9 Å². The van der Waals surface area contributed by atoms with Crippen molar-refractivity contribution in [1.29, 1.82) is 0 Å². The molecule has 1 aromatic heterocycles. The molecule has 0 radical (unpaired) electrons. The number of aromatic nitrogens is 1. The van der Waals surface area contributed by atoms with E-state index in [1.807, 2.05) is 72.8 Å². The molecule has 0 aliphatic rings. The highest BCUT2D eigenvalue weighted by atomic mass is 16.3. The predicted molar refractivity (Wildman–Crippen MR) is 120 cm³/mol. The maximum Gasteiger partial charge on any atom is 0.230 e. The monoisotopic (exact) mass is 403 g/mol. The summed E-state index contributed by atoms with van der Waals surface area (Å²) in [4.78, 5) is 16.6. The van der Waals surface area contributed by atoms with E-state index in [2.05, 4.69) is 29.5 Å². The zero-order valence-electron chi connectivity index (χ0n) is 17.5. The molecule has 0 aliphatic heterocycles. The van der Waals surface area contributed by atoms with Crippen LogP contribution >= 0.6 is 0 Å². The third-order valence-electron chi connectivity index (χ3n) is 4.88. The van der Waals surface area contributed by atoms with E-state index in [-0.39, 0.29) is 17.9 Å². The van der Waals surface area contributed by atoms with Crippen LogP contribution in [0.2, 0.25) is 0 Å². The minimum atomic E-state index is -0.555. The normalized spacial score (nSPS) is 12.4. The van der Waals surface area contributed by atoms with Gasteiger partial charge in [-0.3, -0.25) is 9.78 Å². The van der Waals surface area contributed by atoms with Crippen LogP contribution in [0.5, 0.6) is 0 Å². The van der Waals surface area contributed by atoms with Gasteiger partial charge >= 0.3 is 0 Å². The van der Waals surface area contributed by atoms with Gasteiger partial charge in [0.05, 0.1) is 12.5 Å². The van der Waals surface area contributed by atoms with Crippen molar-refractivity contribution in [3.63, 3.8) is 0 Å². The molecule has 0 spiro atoms. The van der Waals surface area contributed by atoms with Crippen molar-refractivity contribution >= 4 is 11.6 Å². The minimum absolute atomic E-state index is 0.0887. The molecule has 1 atom stereocenters. The number of aliphatic hydroxyl groups is 1. The highest BCUT2D eigenvalue weighted by molar-refractivity contribution is 5.91. The number of β-amino-alcohol motifs (C(OH)–C–C–N with tert-alkyl or cyclic N) is 1. The summed E-state index contributed by atoms with van der Waals surface area (Å²) < 4.78 is 0. The molecule has 0 aliphatic carbocycles. The summed E-state index contributed by atoms with van der Waals surface area (Å²) in [6.07, 6.45) is 2.17. The van der Waals surface area contributed by atoms with Crippen molar-refractivity contribution in [3.8, 4) is 0 Å². The predicted octanol–water partition coefficient (Wildman–Crippen LogP) is 3.91. The lowest BCUT2D eigenvalue weighted by atomic mass is 9.94. The fourth-order valence-corrected chi connectivity index (χ4v) is 3.36. The Kier molecular flexibility index (Phi) is 7.33. The van der Waals surface area contributed by atoms with Crippen molar-refractivity contribution in [1.82, 2.24) is 10.3 Å². The fourth-order valence-electron chi connectivity index (χ4n) is 3.36. The van der Waals surface area contributed by atoms with Gasteiger partial charge in [0.15, 0.2) is 0 Å². The van der Waals surface area contributed by atoms with E-state index in [0.29, 0.717) is 6.54 Å². The number of hydrogen-bond acceptors (Lipinski definition) is 4. The first kappa shape index (κ1) is 21.7. The number of nitrogens with one attached hydrogen (secondary N) is 2. The third kappa shape index (κ3) is 6.79. The van der Waals surface area contributed by atoms with Gasteiger partial charge in [-0.15, -0.1) is 0 Å². The zero-order chi connectivity index (χ0) is 21.4. The van der Waals surface area contributed by atoms with E-state index in [1.165, 1.54) is 0 Å². The van der Waals surface area contributed by atoms with Crippen LogP contribution in [0.25, 0.3) is 0 Å². The number of nitrogens with zero attached hydrogens (tertiary/aromatic N) is 1. The summed E-state index contributed by atoms with van der Waals surface area (Å²) in [7, 11) is 0. The van der Waals surface area contributed by atoms with Gasteiger partial charge in [-0.25, -0.2) is 0 Å².